The average molecular weight is 246 g/mol. The number of carbonyl (C=O) groups excluding carboxylic acids is 1. The van der Waals surface area contributed by atoms with Gasteiger partial charge in [0, 0.05) is 0 Å². The highest BCUT2D eigenvalue weighted by molar-refractivity contribution is 5.92. The molecule has 2 aromatic carbocycles. The number of methoxy groups -OCH3 is 1. The summed E-state index contributed by atoms with van der Waals surface area (Å²) in [4.78, 5) is 11.5. The zero-order valence-corrected chi connectivity index (χ0v) is 9.72. The van der Waals surface area contributed by atoms with E-state index in [0.717, 1.165) is 0 Å². The van der Waals surface area contributed by atoms with Gasteiger partial charge in [-0.1, -0.05) is 12.1 Å². The number of ether oxygens (including phenoxy) is 2. The summed E-state index contributed by atoms with van der Waals surface area (Å²) in [5.74, 6) is 0.0000240. The Hall–Kier alpha value is -2.36. The molecule has 0 amide bonds. The van der Waals surface area contributed by atoms with Gasteiger partial charge in [-0.25, -0.2) is 9.18 Å². The molecule has 0 unspecified atom stereocenters. The second-order valence-electron chi connectivity index (χ2n) is 3.54. The van der Waals surface area contributed by atoms with Gasteiger partial charge in [0.05, 0.1) is 7.11 Å². The van der Waals surface area contributed by atoms with Crippen LogP contribution in [0.5, 0.6) is 11.5 Å². The third-order valence-electron chi connectivity index (χ3n) is 2.33. The van der Waals surface area contributed by atoms with Gasteiger partial charge >= 0.3 is 5.97 Å². The third kappa shape index (κ3) is 2.66. The molecule has 18 heavy (non-hydrogen) atoms. The summed E-state index contributed by atoms with van der Waals surface area (Å²) in [6, 6.07) is 12.3. The summed E-state index contributed by atoms with van der Waals surface area (Å²) in [5, 5.41) is 0. The Labute approximate surface area is 104 Å². The van der Waals surface area contributed by atoms with Crippen LogP contribution in [0.1, 0.15) is 10.4 Å². The molecule has 0 radical (unpaired) electrons. The van der Waals surface area contributed by atoms with Gasteiger partial charge in [0.1, 0.15) is 22.9 Å². The molecular weight excluding hydrogens is 235 g/mol. The van der Waals surface area contributed by atoms with Crippen molar-refractivity contribution in [1.82, 2.24) is 0 Å². The monoisotopic (exact) mass is 246 g/mol. The van der Waals surface area contributed by atoms with Crippen LogP contribution in [0, 0.1) is 5.82 Å². The van der Waals surface area contributed by atoms with E-state index >= 15 is 0 Å². The highest BCUT2D eigenvalue weighted by Gasteiger charge is 2.12. The minimum Gasteiger partial charge on any atom is -0.465 e. The Morgan fingerprint density at radius 3 is 2.39 bits per heavy atom. The quantitative estimate of drug-likeness (QED) is 0.778. The molecule has 2 rings (SSSR count). The number of hydrogen-bond acceptors (Lipinski definition) is 3. The molecule has 0 heterocycles. The number of carbonyl (C=O) groups is 1. The predicted octanol–water partition coefficient (Wildman–Crippen LogP) is 3.40. The summed E-state index contributed by atoms with van der Waals surface area (Å²) in [5.41, 5.74) is 0.323. The first kappa shape index (κ1) is 12.1. The van der Waals surface area contributed by atoms with Crippen LogP contribution in [0.2, 0.25) is 0 Å². The van der Waals surface area contributed by atoms with Gasteiger partial charge in [-0.2, -0.15) is 0 Å². The Balaban J connectivity index is 2.28. The molecule has 3 nitrogen and oxygen atoms in total. The Morgan fingerprint density at radius 1 is 1.06 bits per heavy atom. The van der Waals surface area contributed by atoms with E-state index in [1.54, 1.807) is 24.3 Å². The minimum atomic E-state index is -0.479. The fourth-order valence-electron chi connectivity index (χ4n) is 1.46. The maximum atomic E-state index is 12.8. The molecule has 0 bridgehead atoms. The minimum absolute atomic E-state index is 0.323. The number of rotatable bonds is 3. The van der Waals surface area contributed by atoms with Crippen molar-refractivity contribution in [1.29, 1.82) is 0 Å². The lowest BCUT2D eigenvalue weighted by atomic mass is 10.2. The van der Waals surface area contributed by atoms with Crippen LogP contribution in [-0.2, 0) is 4.74 Å². The summed E-state index contributed by atoms with van der Waals surface area (Å²) in [7, 11) is 1.30. The predicted molar refractivity (Wildman–Crippen MR) is 64.3 cm³/mol. The number of hydrogen-bond donors (Lipinski definition) is 0. The molecule has 2 aromatic rings. The third-order valence-corrected chi connectivity index (χ3v) is 2.33. The molecule has 0 aliphatic heterocycles. The van der Waals surface area contributed by atoms with E-state index in [1.807, 2.05) is 0 Å². The van der Waals surface area contributed by atoms with Crippen LogP contribution in [-0.4, -0.2) is 13.1 Å². The standard InChI is InChI=1S/C14H11FO3/c1-17-14(16)12-4-2-3-5-13(12)18-11-8-6-10(15)7-9-11/h2-9H,1H3. The van der Waals surface area contributed by atoms with E-state index in [-0.39, 0.29) is 5.82 Å². The van der Waals surface area contributed by atoms with Gasteiger partial charge in [-0.05, 0) is 36.4 Å². The molecule has 0 aromatic heterocycles. The van der Waals surface area contributed by atoms with Crippen LogP contribution < -0.4 is 4.74 Å². The highest BCUT2D eigenvalue weighted by atomic mass is 19.1. The number of benzene rings is 2. The molecule has 0 aliphatic rings. The van der Waals surface area contributed by atoms with Gasteiger partial charge in [0.2, 0.25) is 0 Å². The van der Waals surface area contributed by atoms with E-state index < -0.39 is 5.97 Å². The Morgan fingerprint density at radius 2 is 1.72 bits per heavy atom. The van der Waals surface area contributed by atoms with Crippen molar-refractivity contribution >= 4 is 5.97 Å². The molecule has 0 saturated carbocycles. The molecule has 92 valence electrons. The Kier molecular flexibility index (Phi) is 3.57. The number of para-hydroxylation sites is 1. The fraction of sp³-hybridized carbons (Fsp3) is 0.0714. The summed E-state index contributed by atoms with van der Waals surface area (Å²) >= 11 is 0. The Bertz CT molecular complexity index is 549. The fourth-order valence-corrected chi connectivity index (χ4v) is 1.46. The molecule has 0 aliphatic carbocycles. The largest absolute Gasteiger partial charge is 0.465 e. The zero-order valence-electron chi connectivity index (χ0n) is 9.72. The summed E-state index contributed by atoms with van der Waals surface area (Å²) in [6.07, 6.45) is 0. The molecule has 0 spiro atoms. The van der Waals surface area contributed by atoms with Crippen LogP contribution in [0.4, 0.5) is 4.39 Å². The maximum Gasteiger partial charge on any atom is 0.341 e. The van der Waals surface area contributed by atoms with Crippen LogP contribution in [0.3, 0.4) is 0 Å². The van der Waals surface area contributed by atoms with Crippen molar-refractivity contribution in [2.24, 2.45) is 0 Å². The molecule has 0 atom stereocenters. The molecular formula is C14H11FO3. The van der Waals surface area contributed by atoms with Crippen molar-refractivity contribution in [2.45, 2.75) is 0 Å². The summed E-state index contributed by atoms with van der Waals surface area (Å²) in [6.45, 7) is 0. The SMILES string of the molecule is COC(=O)c1ccccc1Oc1ccc(F)cc1. The van der Waals surface area contributed by atoms with Crippen LogP contribution in [0.15, 0.2) is 48.5 Å². The van der Waals surface area contributed by atoms with E-state index in [2.05, 4.69) is 4.74 Å². The first-order valence-corrected chi connectivity index (χ1v) is 5.31. The molecule has 0 N–H and O–H groups in total. The molecule has 0 saturated heterocycles. The normalized spacial score (nSPS) is 9.89. The smallest absolute Gasteiger partial charge is 0.341 e. The van der Waals surface area contributed by atoms with Crippen molar-refractivity contribution in [2.75, 3.05) is 7.11 Å². The summed E-state index contributed by atoms with van der Waals surface area (Å²) < 4.78 is 22.9. The number of halogens is 1. The highest BCUT2D eigenvalue weighted by Crippen LogP contribution is 2.25. The maximum absolute atomic E-state index is 12.8. The zero-order chi connectivity index (χ0) is 13.0. The van der Waals surface area contributed by atoms with E-state index in [0.29, 0.717) is 17.1 Å². The first-order chi connectivity index (χ1) is 8.70. The van der Waals surface area contributed by atoms with E-state index in [1.165, 1.54) is 31.4 Å². The molecule has 4 heteroatoms. The van der Waals surface area contributed by atoms with Gasteiger partial charge < -0.3 is 9.47 Å². The lowest BCUT2D eigenvalue weighted by Gasteiger charge is -2.09. The first-order valence-electron chi connectivity index (χ1n) is 5.31. The van der Waals surface area contributed by atoms with Crippen molar-refractivity contribution in [3.8, 4) is 11.5 Å². The van der Waals surface area contributed by atoms with Crippen molar-refractivity contribution < 1.29 is 18.7 Å². The topological polar surface area (TPSA) is 35.5 Å². The van der Waals surface area contributed by atoms with Crippen molar-refractivity contribution in [3.63, 3.8) is 0 Å². The second-order valence-corrected chi connectivity index (χ2v) is 3.54. The van der Waals surface area contributed by atoms with E-state index in [4.69, 9.17) is 4.74 Å². The molecule has 0 fully saturated rings. The van der Waals surface area contributed by atoms with Crippen LogP contribution in [0.25, 0.3) is 0 Å². The number of esters is 1. The van der Waals surface area contributed by atoms with Crippen LogP contribution >= 0.6 is 0 Å². The second kappa shape index (κ2) is 5.31. The lowest BCUT2D eigenvalue weighted by Crippen LogP contribution is -2.03. The van der Waals surface area contributed by atoms with E-state index in [9.17, 15) is 9.18 Å². The van der Waals surface area contributed by atoms with Gasteiger partial charge in [-0.15, -0.1) is 0 Å². The van der Waals surface area contributed by atoms with Crippen molar-refractivity contribution in [3.05, 3.63) is 59.9 Å². The van der Waals surface area contributed by atoms with Gasteiger partial charge in [-0.3, -0.25) is 0 Å². The lowest BCUT2D eigenvalue weighted by molar-refractivity contribution is 0.0598. The van der Waals surface area contributed by atoms with Gasteiger partial charge in [0.15, 0.2) is 0 Å². The van der Waals surface area contributed by atoms with Gasteiger partial charge in [0.25, 0.3) is 0 Å². The average Bonchev–Trinajstić information content (AvgIpc) is 2.41.